The normalized spacial score (nSPS) is 15.9. The molecule has 436 valence electrons. The number of aromatic nitrogens is 1. The predicted octanol–water partition coefficient (Wildman–Crippen LogP) is 7.33. The van der Waals surface area contributed by atoms with Gasteiger partial charge in [-0.05, 0) is 68.2 Å². The van der Waals surface area contributed by atoms with Gasteiger partial charge < -0.3 is 32.6 Å². The number of aryl methyl sites for hydroxylation is 1. The Bertz CT molecular complexity index is 4300. The first-order valence-corrected chi connectivity index (χ1v) is 30.2. The number of imide groups is 2. The zero-order chi connectivity index (χ0) is 59.1. The van der Waals surface area contributed by atoms with Gasteiger partial charge in [-0.15, -0.1) is 14.5 Å². The van der Waals surface area contributed by atoms with Crippen molar-refractivity contribution in [3.63, 3.8) is 0 Å². The van der Waals surface area contributed by atoms with E-state index in [-0.39, 0.29) is 143 Å². The van der Waals surface area contributed by atoms with E-state index in [1.165, 1.54) is 71.3 Å². The molecule has 2 saturated heterocycles. The molecular formula is C51H45N4O24S4+. The zero-order valence-electron chi connectivity index (χ0n) is 42.8. The van der Waals surface area contributed by atoms with Crippen LogP contribution in [0.25, 0.3) is 61.1 Å². The maximum atomic E-state index is 13.4. The van der Waals surface area contributed by atoms with Crippen LogP contribution in [-0.2, 0) is 84.7 Å². The van der Waals surface area contributed by atoms with E-state index >= 15 is 0 Å². The number of anilines is 1. The van der Waals surface area contributed by atoms with E-state index in [2.05, 4.69) is 9.37 Å². The third-order valence-corrected chi connectivity index (χ3v) is 16.6. The molecule has 7 aromatic rings. The summed E-state index contributed by atoms with van der Waals surface area (Å²) in [6, 6.07) is 10.6. The number of hydrogen-bond donors (Lipinski definition) is 4. The second-order valence-electron chi connectivity index (χ2n) is 18.8. The minimum atomic E-state index is -5.22. The van der Waals surface area contributed by atoms with Gasteiger partial charge in [-0.3, -0.25) is 32.8 Å². The SMILES string of the molecule is O=C(CCCCCN1/C(=C/C=C/C=C/c2oc3c(S(=O)(=O)O)c4c(cc3[n+]2CCCCCC(=O)ON2C(=O)CCC2=O)oc2ccc(S(=O)(=O)O)cc24)Oc2c1cc1oc3ccc(SOOO)cc3c1c2S(=O)(=O)O)ON1C(=O)CCC1=O. The molecule has 0 aliphatic carbocycles. The third-order valence-electron chi connectivity index (χ3n) is 13.4. The molecule has 0 saturated carbocycles. The molecule has 4 N–H and O–H groups in total. The van der Waals surface area contributed by atoms with Crippen LogP contribution in [0.4, 0.5) is 5.69 Å². The van der Waals surface area contributed by atoms with Gasteiger partial charge in [0, 0.05) is 73.2 Å². The molecule has 10 rings (SSSR count). The van der Waals surface area contributed by atoms with Gasteiger partial charge in [0.2, 0.25) is 11.5 Å². The standard InChI is InChI=1S/C51H44N4O24S4/c56-38-18-19-39(57)54(38)76-44(60)12-6-2-8-22-52-32-26-36-46(30-24-28(80-79-78-62)14-16-34(30)72-36)50(82(66,67)68)48(32)74-42(52)10-4-1-5-11-43-53(23-9-3-7-13-45(61)77-55-40(58)20-21-41(55)59)33-27-37-47(51(49(33)75-43)83(69,70)71)31-25-29(81(63,64)65)15-17-35(31)73-37/h1,4-5,10-11,14-17,24-27H,2-3,6-9,12-13,18-23H2,(H3-,62,63,64,65,66,67,68,69,70,71)/p+1. The van der Waals surface area contributed by atoms with E-state index in [1.807, 2.05) is 0 Å². The van der Waals surface area contributed by atoms with Crippen molar-refractivity contribution in [1.82, 2.24) is 10.1 Å². The van der Waals surface area contributed by atoms with E-state index in [4.69, 9.17) is 32.9 Å². The van der Waals surface area contributed by atoms with Gasteiger partial charge in [-0.2, -0.15) is 29.8 Å². The van der Waals surface area contributed by atoms with Gasteiger partial charge in [0.15, 0.2) is 22.1 Å². The van der Waals surface area contributed by atoms with Gasteiger partial charge in [0.25, 0.3) is 59.5 Å². The largest absolute Gasteiger partial charge is 0.456 e. The maximum Gasteiger partial charge on any atom is 0.374 e. The second-order valence-corrected chi connectivity index (χ2v) is 23.7. The second kappa shape index (κ2) is 23.3. The number of hydrogen-bond acceptors (Lipinski definition) is 23. The predicted molar refractivity (Wildman–Crippen MR) is 283 cm³/mol. The number of nitrogens with zero attached hydrogens (tertiary/aromatic N) is 4. The van der Waals surface area contributed by atoms with Crippen LogP contribution < -0.4 is 14.2 Å². The lowest BCUT2D eigenvalue weighted by Gasteiger charge is -2.18. The quantitative estimate of drug-likeness (QED) is 0.00711. The molecule has 0 atom stereocenters. The number of furan rings is 2. The summed E-state index contributed by atoms with van der Waals surface area (Å²) in [6.45, 7) is 0.182. The third kappa shape index (κ3) is 12.1. The molecule has 0 bridgehead atoms. The van der Waals surface area contributed by atoms with Gasteiger partial charge >= 0.3 is 17.8 Å². The Morgan fingerprint density at radius 1 is 0.639 bits per heavy atom. The van der Waals surface area contributed by atoms with E-state index in [1.54, 1.807) is 4.90 Å². The smallest absolute Gasteiger partial charge is 0.374 e. The summed E-state index contributed by atoms with van der Waals surface area (Å²) in [5, 5.41) is 13.1. The summed E-state index contributed by atoms with van der Waals surface area (Å²) in [4.78, 5) is 82.7. The Balaban J connectivity index is 0.970. The van der Waals surface area contributed by atoms with Crippen molar-refractivity contribution in [3.8, 4) is 5.75 Å². The molecule has 28 nitrogen and oxygen atoms in total. The molecule has 0 unspecified atom stereocenters. The molecule has 4 aromatic carbocycles. The topological polar surface area (TPSA) is 385 Å². The minimum absolute atomic E-state index is 0.00583. The number of rotatable bonds is 23. The highest BCUT2D eigenvalue weighted by molar-refractivity contribution is 7.94. The highest BCUT2D eigenvalue weighted by Gasteiger charge is 2.38. The van der Waals surface area contributed by atoms with Crippen LogP contribution in [0.1, 0.15) is 82.9 Å². The first kappa shape index (κ1) is 58.2. The van der Waals surface area contributed by atoms with Crippen LogP contribution in [0.3, 0.4) is 0 Å². The average Bonchev–Trinajstić information content (AvgIpc) is 2.33. The van der Waals surface area contributed by atoms with Crippen LogP contribution in [0.5, 0.6) is 5.75 Å². The van der Waals surface area contributed by atoms with Crippen molar-refractivity contribution in [2.75, 3.05) is 11.4 Å². The number of fused-ring (bicyclic) bond motifs is 8. The number of amides is 4. The Labute approximate surface area is 472 Å². The average molecular weight is 1230 g/mol. The van der Waals surface area contributed by atoms with Crippen LogP contribution >= 0.6 is 12.0 Å². The summed E-state index contributed by atoms with van der Waals surface area (Å²) in [5.41, 5.74) is -0.0655. The fourth-order valence-electron chi connectivity index (χ4n) is 9.71. The summed E-state index contributed by atoms with van der Waals surface area (Å²) in [5.74, 6) is -4.42. The Hall–Kier alpha value is -8.05. The molecule has 0 radical (unpaired) electrons. The number of carbonyl (C=O) groups excluding carboxylic acids is 6. The molecule has 3 aromatic heterocycles. The molecule has 32 heteroatoms. The monoisotopic (exact) mass is 1230 g/mol. The lowest BCUT2D eigenvalue weighted by Crippen LogP contribution is -2.35. The number of oxazole rings is 1. The first-order chi connectivity index (χ1) is 39.5. The Kier molecular flexibility index (Phi) is 16.3. The van der Waals surface area contributed by atoms with E-state index in [9.17, 15) is 67.7 Å². The van der Waals surface area contributed by atoms with Crippen molar-refractivity contribution in [2.45, 2.75) is 103 Å². The molecule has 0 spiro atoms. The van der Waals surface area contributed by atoms with Gasteiger partial charge in [-0.25, -0.2) is 14.8 Å². The lowest BCUT2D eigenvalue weighted by atomic mass is 10.1. The number of hydroxylamine groups is 4. The fourth-order valence-corrected chi connectivity index (χ4v) is 12.3. The van der Waals surface area contributed by atoms with Gasteiger partial charge in [0.1, 0.15) is 22.3 Å². The van der Waals surface area contributed by atoms with Crippen molar-refractivity contribution >= 4 is 145 Å². The van der Waals surface area contributed by atoms with Crippen molar-refractivity contribution in [1.29, 1.82) is 0 Å². The molecule has 83 heavy (non-hydrogen) atoms. The van der Waals surface area contributed by atoms with E-state index in [0.717, 1.165) is 12.1 Å². The fraction of sp³-hybridized carbons (Fsp3) is 0.275. The number of ether oxygens (including phenoxy) is 1. The highest BCUT2D eigenvalue weighted by atomic mass is 32.2. The number of allylic oxidation sites excluding steroid dienone is 4. The van der Waals surface area contributed by atoms with Crippen molar-refractivity contribution < 1.29 is 115 Å². The van der Waals surface area contributed by atoms with Crippen LogP contribution in [0.2, 0.25) is 0 Å². The molecule has 2 fully saturated rings. The van der Waals surface area contributed by atoms with E-state index < -0.39 is 80.6 Å². The van der Waals surface area contributed by atoms with Crippen molar-refractivity contribution in [3.05, 3.63) is 84.6 Å². The lowest BCUT2D eigenvalue weighted by molar-refractivity contribution is -0.678. The van der Waals surface area contributed by atoms with Crippen molar-refractivity contribution in [2.24, 2.45) is 0 Å². The summed E-state index contributed by atoms with van der Waals surface area (Å²) in [7, 11) is -15.1. The summed E-state index contributed by atoms with van der Waals surface area (Å²) in [6.07, 6.45) is 8.45. The number of benzene rings is 4. The molecule has 3 aliphatic rings. The first-order valence-electron chi connectivity index (χ1n) is 25.1. The van der Waals surface area contributed by atoms with Crippen LogP contribution in [0, 0.1) is 0 Å². The number of carbonyl (C=O) groups is 6. The number of unbranched alkanes of at least 4 members (excludes halogenated alkanes) is 4. The van der Waals surface area contributed by atoms with E-state index in [0.29, 0.717) is 52.7 Å². The van der Waals surface area contributed by atoms with Gasteiger partial charge in [-0.1, -0.05) is 29.7 Å². The Morgan fingerprint density at radius 2 is 1.22 bits per heavy atom. The summed E-state index contributed by atoms with van der Waals surface area (Å²) < 4.78 is 140. The van der Waals surface area contributed by atoms with Gasteiger partial charge in [0.05, 0.1) is 45.5 Å². The van der Waals surface area contributed by atoms with Crippen LogP contribution in [0.15, 0.2) is 112 Å². The molecule has 3 aliphatic heterocycles. The molecule has 6 heterocycles. The summed E-state index contributed by atoms with van der Waals surface area (Å²) >= 11 is 0.587. The maximum absolute atomic E-state index is 13.4. The Morgan fingerprint density at radius 3 is 1.82 bits per heavy atom. The molecule has 4 amide bonds. The minimum Gasteiger partial charge on any atom is -0.456 e. The molecular weight excluding hydrogens is 1180 g/mol. The zero-order valence-corrected chi connectivity index (χ0v) is 46.0. The highest BCUT2D eigenvalue weighted by Crippen LogP contribution is 2.50. The van der Waals surface area contributed by atoms with Crippen LogP contribution in [-0.4, -0.2) is 96.4 Å².